The fraction of sp³-hybridized carbons (Fsp3) is 0.333. The summed E-state index contributed by atoms with van der Waals surface area (Å²) in [6.07, 6.45) is 1.47. The number of pyridine rings is 1. The van der Waals surface area contributed by atoms with E-state index in [0.717, 1.165) is 0 Å². The number of carboxylic acid groups (broad SMARTS) is 1. The van der Waals surface area contributed by atoms with E-state index in [1.54, 1.807) is 35.9 Å². The summed E-state index contributed by atoms with van der Waals surface area (Å²) >= 11 is 5.91. The van der Waals surface area contributed by atoms with Crippen LogP contribution in [0.4, 0.5) is 4.39 Å². The van der Waals surface area contributed by atoms with Crippen molar-refractivity contribution in [3.8, 4) is 5.75 Å². The molecule has 3 rings (SSSR count). The molecular weight excluding hydrogens is 437 g/mol. The third-order valence-electron chi connectivity index (χ3n) is 5.54. The van der Waals surface area contributed by atoms with Crippen LogP contribution in [0.15, 0.2) is 41.3 Å². The lowest BCUT2D eigenvalue weighted by molar-refractivity contribution is 0.0693. The van der Waals surface area contributed by atoms with E-state index in [4.69, 9.17) is 21.1 Å². The lowest BCUT2D eigenvalue weighted by atomic mass is 9.98. The maximum Gasteiger partial charge on any atom is 0.341 e. The van der Waals surface area contributed by atoms with Gasteiger partial charge in [0.25, 0.3) is 0 Å². The number of rotatable bonds is 8. The average molecular weight is 462 g/mol. The van der Waals surface area contributed by atoms with Gasteiger partial charge in [0.05, 0.1) is 30.3 Å². The van der Waals surface area contributed by atoms with E-state index in [0.29, 0.717) is 29.0 Å². The molecule has 0 saturated heterocycles. The van der Waals surface area contributed by atoms with E-state index in [-0.39, 0.29) is 34.4 Å². The van der Waals surface area contributed by atoms with E-state index in [1.807, 2.05) is 13.8 Å². The number of hydrogen-bond donors (Lipinski definition) is 1. The Bertz CT molecular complexity index is 1220. The smallest absolute Gasteiger partial charge is 0.341 e. The Morgan fingerprint density at radius 1 is 1.22 bits per heavy atom. The Labute approximate surface area is 190 Å². The molecular formula is C24H25ClFNO5. The number of aromatic carboxylic acids is 1. The average Bonchev–Trinajstić information content (AvgIpc) is 2.75. The van der Waals surface area contributed by atoms with Crippen LogP contribution < -0.4 is 10.2 Å². The van der Waals surface area contributed by atoms with Crippen LogP contribution in [0.2, 0.25) is 5.02 Å². The summed E-state index contributed by atoms with van der Waals surface area (Å²) in [5, 5.41) is 9.85. The Kier molecular flexibility index (Phi) is 7.21. The van der Waals surface area contributed by atoms with Gasteiger partial charge in [-0.3, -0.25) is 4.79 Å². The van der Waals surface area contributed by atoms with Gasteiger partial charge in [0, 0.05) is 31.2 Å². The first-order chi connectivity index (χ1) is 15.2. The molecule has 32 heavy (non-hydrogen) atoms. The van der Waals surface area contributed by atoms with E-state index < -0.39 is 17.2 Å². The van der Waals surface area contributed by atoms with Crippen molar-refractivity contribution in [3.05, 3.63) is 74.3 Å². The molecule has 0 aliphatic heterocycles. The minimum atomic E-state index is -1.32. The van der Waals surface area contributed by atoms with Crippen LogP contribution in [0.1, 0.15) is 41.4 Å². The molecule has 1 aromatic heterocycles. The highest BCUT2D eigenvalue weighted by molar-refractivity contribution is 6.30. The fourth-order valence-electron chi connectivity index (χ4n) is 3.83. The van der Waals surface area contributed by atoms with Gasteiger partial charge in [-0.2, -0.15) is 0 Å². The Hall–Kier alpha value is -2.90. The van der Waals surface area contributed by atoms with Crippen molar-refractivity contribution in [1.82, 2.24) is 4.57 Å². The summed E-state index contributed by atoms with van der Waals surface area (Å²) < 4.78 is 27.2. The van der Waals surface area contributed by atoms with Crippen LogP contribution >= 0.6 is 11.6 Å². The number of halogens is 2. The monoisotopic (exact) mass is 461 g/mol. The van der Waals surface area contributed by atoms with Crippen molar-refractivity contribution in [2.75, 3.05) is 20.8 Å². The summed E-state index contributed by atoms with van der Waals surface area (Å²) in [7, 11) is 3.05. The number of nitrogens with zero attached hydrogens (tertiary/aromatic N) is 1. The summed E-state index contributed by atoms with van der Waals surface area (Å²) in [6.45, 7) is 4.30. The van der Waals surface area contributed by atoms with E-state index in [1.165, 1.54) is 19.4 Å². The van der Waals surface area contributed by atoms with Gasteiger partial charge >= 0.3 is 5.97 Å². The maximum atomic E-state index is 14.5. The Morgan fingerprint density at radius 3 is 2.53 bits per heavy atom. The zero-order valence-corrected chi connectivity index (χ0v) is 19.1. The molecule has 1 heterocycles. The first-order valence-corrected chi connectivity index (χ1v) is 10.5. The molecule has 0 saturated carbocycles. The van der Waals surface area contributed by atoms with E-state index in [2.05, 4.69) is 0 Å². The van der Waals surface area contributed by atoms with Crippen molar-refractivity contribution < 1.29 is 23.8 Å². The molecule has 0 amide bonds. The van der Waals surface area contributed by atoms with Gasteiger partial charge in [-0.25, -0.2) is 9.18 Å². The molecule has 2 aromatic carbocycles. The largest absolute Gasteiger partial charge is 0.496 e. The predicted octanol–water partition coefficient (Wildman–Crippen LogP) is 4.94. The Balaban J connectivity index is 2.32. The van der Waals surface area contributed by atoms with Gasteiger partial charge in [-0.15, -0.1) is 0 Å². The summed E-state index contributed by atoms with van der Waals surface area (Å²) in [6, 6.07) is 7.74. The molecule has 0 unspecified atom stereocenters. The minimum Gasteiger partial charge on any atom is -0.496 e. The van der Waals surface area contributed by atoms with E-state index >= 15 is 0 Å². The molecule has 170 valence electrons. The lowest BCUT2D eigenvalue weighted by Gasteiger charge is -2.26. The SMILES string of the molecule is COC[C@H](C(C)C)n1cc(C(=O)O)c(=O)c2cc(Cc3cccc(Cl)c3F)c(OC)cc21. The molecule has 0 bridgehead atoms. The third-order valence-corrected chi connectivity index (χ3v) is 5.83. The number of benzene rings is 2. The Morgan fingerprint density at radius 2 is 1.94 bits per heavy atom. The van der Waals surface area contributed by atoms with Gasteiger partial charge < -0.3 is 19.1 Å². The number of fused-ring (bicyclic) bond motifs is 1. The second-order valence-electron chi connectivity index (χ2n) is 7.92. The van der Waals surface area contributed by atoms with Crippen LogP contribution in [0.25, 0.3) is 10.9 Å². The first-order valence-electron chi connectivity index (χ1n) is 10.1. The summed E-state index contributed by atoms with van der Waals surface area (Å²) in [5.74, 6) is -1.32. The predicted molar refractivity (Wildman–Crippen MR) is 122 cm³/mol. The molecule has 1 atom stereocenters. The topological polar surface area (TPSA) is 77.8 Å². The molecule has 0 aliphatic carbocycles. The molecule has 6 nitrogen and oxygen atoms in total. The van der Waals surface area contributed by atoms with Crippen molar-refractivity contribution in [1.29, 1.82) is 0 Å². The van der Waals surface area contributed by atoms with Crippen LogP contribution in [-0.2, 0) is 11.2 Å². The molecule has 0 spiro atoms. The van der Waals surface area contributed by atoms with Crippen LogP contribution in [0.3, 0.4) is 0 Å². The van der Waals surface area contributed by atoms with Crippen LogP contribution in [0, 0.1) is 11.7 Å². The second-order valence-corrected chi connectivity index (χ2v) is 8.33. The quantitative estimate of drug-likeness (QED) is 0.514. The number of hydrogen-bond acceptors (Lipinski definition) is 4. The van der Waals surface area contributed by atoms with Gasteiger partial charge in [0.2, 0.25) is 5.43 Å². The van der Waals surface area contributed by atoms with Crippen molar-refractivity contribution in [2.24, 2.45) is 5.92 Å². The van der Waals surface area contributed by atoms with Crippen LogP contribution in [0.5, 0.6) is 5.75 Å². The normalized spacial score (nSPS) is 12.3. The molecule has 0 radical (unpaired) electrons. The zero-order chi connectivity index (χ0) is 23.6. The van der Waals surface area contributed by atoms with Gasteiger partial charge in [0.1, 0.15) is 17.1 Å². The number of carboxylic acids is 1. The van der Waals surface area contributed by atoms with Gasteiger partial charge in [-0.05, 0) is 29.2 Å². The lowest BCUT2D eigenvalue weighted by Crippen LogP contribution is -2.26. The van der Waals surface area contributed by atoms with Crippen molar-refractivity contribution in [3.63, 3.8) is 0 Å². The zero-order valence-electron chi connectivity index (χ0n) is 18.3. The molecule has 0 fully saturated rings. The van der Waals surface area contributed by atoms with Crippen molar-refractivity contribution in [2.45, 2.75) is 26.3 Å². The third kappa shape index (κ3) is 4.49. The van der Waals surface area contributed by atoms with Crippen LogP contribution in [-0.4, -0.2) is 36.5 Å². The molecule has 1 N–H and O–H groups in total. The highest BCUT2D eigenvalue weighted by Gasteiger charge is 2.23. The molecule has 8 heteroatoms. The number of carbonyl (C=O) groups is 1. The highest BCUT2D eigenvalue weighted by Crippen LogP contribution is 2.31. The fourth-order valence-corrected chi connectivity index (χ4v) is 4.03. The number of aromatic nitrogens is 1. The second kappa shape index (κ2) is 9.71. The maximum absolute atomic E-state index is 14.5. The van der Waals surface area contributed by atoms with Gasteiger partial charge in [-0.1, -0.05) is 37.6 Å². The first kappa shape index (κ1) is 23.8. The van der Waals surface area contributed by atoms with E-state index in [9.17, 15) is 19.1 Å². The summed E-state index contributed by atoms with van der Waals surface area (Å²) in [4.78, 5) is 24.9. The standard InChI is InChI=1S/C24H25ClFNO5/c1-13(2)20(12-31-3)27-11-17(24(29)30)23(28)16-9-15(21(32-4)10-19(16)27)8-14-6-5-7-18(25)22(14)26/h5-7,9-11,13,20H,8,12H2,1-4H3,(H,29,30)/t20-/m1/s1. The summed E-state index contributed by atoms with van der Waals surface area (Å²) in [5.41, 5.74) is 0.441. The molecule has 3 aromatic rings. The minimum absolute atomic E-state index is 0.00267. The highest BCUT2D eigenvalue weighted by atomic mass is 35.5. The van der Waals surface area contributed by atoms with Crippen molar-refractivity contribution >= 4 is 28.5 Å². The molecule has 0 aliphatic rings. The van der Waals surface area contributed by atoms with Gasteiger partial charge in [0.15, 0.2) is 0 Å². The number of methoxy groups -OCH3 is 2. The number of ether oxygens (including phenoxy) is 2.